The number of rotatable bonds is 9. The zero-order valence-electron chi connectivity index (χ0n) is 11.6. The van der Waals surface area contributed by atoms with Crippen LogP contribution in [0, 0.1) is 11.8 Å². The molecule has 0 radical (unpaired) electrons. The lowest BCUT2D eigenvalue weighted by molar-refractivity contribution is 0.383. The van der Waals surface area contributed by atoms with Gasteiger partial charge in [0.25, 0.3) is 0 Å². The second kappa shape index (κ2) is 5.88. The Bertz CT molecular complexity index is 349. The van der Waals surface area contributed by atoms with Crippen LogP contribution in [0.2, 0.25) is 0 Å². The Labute approximate surface area is 111 Å². The van der Waals surface area contributed by atoms with Gasteiger partial charge in [-0.25, -0.2) is 12.7 Å². The highest BCUT2D eigenvalue weighted by Crippen LogP contribution is 2.44. The third kappa shape index (κ3) is 4.21. The van der Waals surface area contributed by atoms with Crippen LogP contribution in [0.5, 0.6) is 0 Å². The van der Waals surface area contributed by atoms with Gasteiger partial charge in [0.2, 0.25) is 10.0 Å². The molecule has 2 aliphatic rings. The van der Waals surface area contributed by atoms with E-state index in [1.54, 1.807) is 4.31 Å². The van der Waals surface area contributed by atoms with Crippen molar-refractivity contribution in [3.8, 4) is 0 Å². The van der Waals surface area contributed by atoms with E-state index in [9.17, 15) is 8.42 Å². The number of sulfonamides is 1. The molecule has 1 N–H and O–H groups in total. The summed E-state index contributed by atoms with van der Waals surface area (Å²) >= 11 is 0. The lowest BCUT2D eigenvalue weighted by Gasteiger charge is -2.20. The van der Waals surface area contributed by atoms with Crippen LogP contribution in [0.1, 0.15) is 39.0 Å². The molecule has 2 saturated carbocycles. The standard InChI is InChI=1S/C13H26N2O2S/c1-3-15(18(2,16)17)10-4-9-14-13(11-5-6-11)12-7-8-12/h11-14H,3-10H2,1-2H3. The van der Waals surface area contributed by atoms with Crippen molar-refractivity contribution in [2.24, 2.45) is 11.8 Å². The Kier molecular flexibility index (Phi) is 4.67. The van der Waals surface area contributed by atoms with E-state index >= 15 is 0 Å². The van der Waals surface area contributed by atoms with Gasteiger partial charge >= 0.3 is 0 Å². The Morgan fingerprint density at radius 2 is 1.78 bits per heavy atom. The minimum Gasteiger partial charge on any atom is -0.313 e. The molecule has 18 heavy (non-hydrogen) atoms. The molecule has 0 atom stereocenters. The summed E-state index contributed by atoms with van der Waals surface area (Å²) in [7, 11) is -3.02. The summed E-state index contributed by atoms with van der Waals surface area (Å²) in [6, 6.07) is 0.721. The second-order valence-electron chi connectivity index (χ2n) is 5.76. The molecule has 0 heterocycles. The molecule has 2 fully saturated rings. The van der Waals surface area contributed by atoms with Crippen molar-refractivity contribution in [1.82, 2.24) is 9.62 Å². The highest BCUT2D eigenvalue weighted by atomic mass is 32.2. The number of nitrogens with zero attached hydrogens (tertiary/aromatic N) is 1. The molecule has 2 rings (SSSR count). The minimum absolute atomic E-state index is 0.577. The molecule has 5 heteroatoms. The van der Waals surface area contributed by atoms with Crippen LogP contribution in [0.3, 0.4) is 0 Å². The van der Waals surface area contributed by atoms with Crippen molar-refractivity contribution >= 4 is 10.0 Å². The zero-order valence-corrected chi connectivity index (χ0v) is 12.4. The van der Waals surface area contributed by atoms with Crippen LogP contribution in [0.15, 0.2) is 0 Å². The Balaban J connectivity index is 1.65. The maximum absolute atomic E-state index is 11.4. The first-order valence-corrected chi connectivity index (χ1v) is 9.05. The van der Waals surface area contributed by atoms with Crippen LogP contribution < -0.4 is 5.32 Å². The number of hydrogen-bond donors (Lipinski definition) is 1. The predicted octanol–water partition coefficient (Wildman–Crippen LogP) is 1.44. The highest BCUT2D eigenvalue weighted by molar-refractivity contribution is 7.88. The molecule has 0 unspecified atom stereocenters. The molecule has 0 aromatic heterocycles. The summed E-state index contributed by atoms with van der Waals surface area (Å²) in [6.07, 6.45) is 7.76. The number of hydrogen-bond acceptors (Lipinski definition) is 3. The van der Waals surface area contributed by atoms with Gasteiger partial charge in [-0.3, -0.25) is 0 Å². The zero-order chi connectivity index (χ0) is 13.2. The summed E-state index contributed by atoms with van der Waals surface area (Å²) in [5.41, 5.74) is 0. The first kappa shape index (κ1) is 14.3. The van der Waals surface area contributed by atoms with Crippen molar-refractivity contribution in [1.29, 1.82) is 0 Å². The van der Waals surface area contributed by atoms with E-state index in [4.69, 9.17) is 0 Å². The first-order valence-electron chi connectivity index (χ1n) is 7.21. The molecule has 0 amide bonds. The van der Waals surface area contributed by atoms with Crippen molar-refractivity contribution in [2.75, 3.05) is 25.9 Å². The van der Waals surface area contributed by atoms with Gasteiger partial charge < -0.3 is 5.32 Å². The fourth-order valence-electron chi connectivity index (χ4n) is 2.71. The quantitative estimate of drug-likeness (QED) is 0.647. The fraction of sp³-hybridized carbons (Fsp3) is 1.00. The van der Waals surface area contributed by atoms with E-state index < -0.39 is 10.0 Å². The lowest BCUT2D eigenvalue weighted by atomic mass is 10.1. The summed E-state index contributed by atoms with van der Waals surface area (Å²) in [6.45, 7) is 4.06. The average molecular weight is 274 g/mol. The molecule has 0 bridgehead atoms. The second-order valence-corrected chi connectivity index (χ2v) is 7.75. The smallest absolute Gasteiger partial charge is 0.211 e. The Morgan fingerprint density at radius 3 is 2.17 bits per heavy atom. The lowest BCUT2D eigenvalue weighted by Crippen LogP contribution is -2.36. The molecule has 0 aromatic carbocycles. The van der Waals surface area contributed by atoms with Crippen molar-refractivity contribution < 1.29 is 8.42 Å². The maximum Gasteiger partial charge on any atom is 0.211 e. The summed E-state index contributed by atoms with van der Waals surface area (Å²) in [5.74, 6) is 1.82. The van der Waals surface area contributed by atoms with Crippen molar-refractivity contribution in [2.45, 2.75) is 45.1 Å². The molecule has 0 aromatic rings. The molecule has 2 aliphatic carbocycles. The normalized spacial score (nSPS) is 20.9. The average Bonchev–Trinajstić information content (AvgIpc) is 3.15. The van der Waals surface area contributed by atoms with E-state index in [0.29, 0.717) is 13.1 Å². The van der Waals surface area contributed by atoms with E-state index in [1.807, 2.05) is 6.92 Å². The predicted molar refractivity (Wildman–Crippen MR) is 73.9 cm³/mol. The summed E-state index contributed by atoms with van der Waals surface area (Å²) < 4.78 is 24.4. The van der Waals surface area contributed by atoms with Crippen LogP contribution in [0.25, 0.3) is 0 Å². The largest absolute Gasteiger partial charge is 0.313 e. The van der Waals surface area contributed by atoms with Gasteiger partial charge in [0.1, 0.15) is 0 Å². The van der Waals surface area contributed by atoms with Crippen molar-refractivity contribution in [3.63, 3.8) is 0 Å². The van der Waals surface area contributed by atoms with Gasteiger partial charge in [0.15, 0.2) is 0 Å². The van der Waals surface area contributed by atoms with Gasteiger partial charge in [-0.05, 0) is 50.5 Å². The van der Waals surface area contributed by atoms with E-state index in [1.165, 1.54) is 31.9 Å². The van der Waals surface area contributed by atoms with Crippen molar-refractivity contribution in [3.05, 3.63) is 0 Å². The molecule has 0 spiro atoms. The molecule has 106 valence electrons. The monoisotopic (exact) mass is 274 g/mol. The molecule has 0 saturated heterocycles. The highest BCUT2D eigenvalue weighted by Gasteiger charge is 2.40. The molecular formula is C13H26N2O2S. The van der Waals surface area contributed by atoms with E-state index in [2.05, 4.69) is 5.32 Å². The third-order valence-electron chi connectivity index (χ3n) is 4.05. The van der Waals surface area contributed by atoms with Gasteiger partial charge in [-0.1, -0.05) is 6.92 Å². The maximum atomic E-state index is 11.4. The van der Waals surface area contributed by atoms with Gasteiger partial charge in [-0.2, -0.15) is 0 Å². The van der Waals surface area contributed by atoms with Crippen LogP contribution in [-0.2, 0) is 10.0 Å². The van der Waals surface area contributed by atoms with Gasteiger partial charge in [0, 0.05) is 19.1 Å². The van der Waals surface area contributed by atoms with Crippen LogP contribution in [0.4, 0.5) is 0 Å². The van der Waals surface area contributed by atoms with Crippen LogP contribution >= 0.6 is 0 Å². The topological polar surface area (TPSA) is 49.4 Å². The Hall–Kier alpha value is -0.130. The minimum atomic E-state index is -3.02. The van der Waals surface area contributed by atoms with Crippen LogP contribution in [-0.4, -0.2) is 44.7 Å². The molecule has 0 aliphatic heterocycles. The summed E-state index contributed by atoms with van der Waals surface area (Å²) in [5, 5.41) is 3.65. The summed E-state index contributed by atoms with van der Waals surface area (Å²) in [4.78, 5) is 0. The van der Waals surface area contributed by atoms with Gasteiger partial charge in [-0.15, -0.1) is 0 Å². The molecule has 4 nitrogen and oxygen atoms in total. The number of nitrogens with one attached hydrogen (secondary N) is 1. The molecular weight excluding hydrogens is 248 g/mol. The van der Waals surface area contributed by atoms with Gasteiger partial charge in [0.05, 0.1) is 6.26 Å². The Morgan fingerprint density at radius 1 is 1.22 bits per heavy atom. The fourth-order valence-corrected chi connectivity index (χ4v) is 3.64. The van der Waals surface area contributed by atoms with E-state index in [0.717, 1.165) is 30.8 Å². The SMILES string of the molecule is CCN(CCCNC(C1CC1)C1CC1)S(C)(=O)=O. The first-order chi connectivity index (χ1) is 8.52. The third-order valence-corrected chi connectivity index (χ3v) is 5.42. The van der Waals surface area contributed by atoms with E-state index in [-0.39, 0.29) is 0 Å².